The third kappa shape index (κ3) is 5.66. The number of aromatic nitrogens is 1. The lowest BCUT2D eigenvalue weighted by atomic mass is 9.58. The fraction of sp³-hybridized carbons (Fsp3) is 0.0781. The number of hydrogen-bond donors (Lipinski definition) is 0. The average Bonchev–Trinajstić information content (AvgIpc) is 3.94. The van der Waals surface area contributed by atoms with E-state index in [0.717, 1.165) is 93.6 Å². The van der Waals surface area contributed by atoms with Crippen LogP contribution in [0.5, 0.6) is 0 Å². The fourth-order valence-corrected chi connectivity index (χ4v) is 13.1. The molecule has 330 valence electrons. The second kappa shape index (κ2) is 15.6. The number of rotatable bonds is 5. The highest BCUT2D eigenvalue weighted by Gasteiger charge is 2.61. The van der Waals surface area contributed by atoms with Crippen molar-refractivity contribution in [1.82, 2.24) is 4.57 Å². The Bertz CT molecular complexity index is 4040. The molecule has 6 heteroatoms. The van der Waals surface area contributed by atoms with E-state index in [1.165, 1.54) is 22.6 Å². The highest BCUT2D eigenvalue weighted by molar-refractivity contribution is 7.26. The quantitative estimate of drug-likeness (QED) is 0.161. The van der Waals surface area contributed by atoms with Gasteiger partial charge in [0.15, 0.2) is 0 Å². The lowest BCUT2D eigenvalue weighted by Gasteiger charge is -2.48. The Labute approximate surface area is 409 Å². The van der Waals surface area contributed by atoms with Gasteiger partial charge in [0, 0.05) is 53.4 Å². The van der Waals surface area contributed by atoms with E-state index < -0.39 is 16.9 Å². The monoisotopic (exact) mass is 915 g/mol. The van der Waals surface area contributed by atoms with Crippen LogP contribution in [0.1, 0.15) is 35.7 Å². The van der Waals surface area contributed by atoms with E-state index in [-0.39, 0.29) is 6.42 Å². The molecule has 0 N–H and O–H groups in total. The smallest absolute Gasteiger partial charge is 0.339 e. The van der Waals surface area contributed by atoms with E-state index in [1.807, 2.05) is 84.9 Å². The molecule has 3 heterocycles. The van der Waals surface area contributed by atoms with Crippen LogP contribution in [0.4, 0.5) is 0 Å². The summed E-state index contributed by atoms with van der Waals surface area (Å²) in [4.78, 5) is 15.2. The van der Waals surface area contributed by atoms with Crippen molar-refractivity contribution in [2.45, 2.75) is 18.9 Å². The second-order valence-electron chi connectivity index (χ2n) is 18.6. The number of methoxy groups -OCH3 is 1. The molecule has 0 saturated carbocycles. The molecule has 1 aliphatic heterocycles. The Balaban J connectivity index is 1.35. The molecular formula is C64H41N3O2S. The van der Waals surface area contributed by atoms with Gasteiger partial charge in [0.25, 0.3) is 0 Å². The topological polar surface area (TPSA) is 78.8 Å². The highest BCUT2D eigenvalue weighted by atomic mass is 32.1. The van der Waals surface area contributed by atoms with Crippen molar-refractivity contribution in [3.05, 3.63) is 234 Å². The number of carbonyl (C=O) groups excluding carboxylic acids is 1. The molecule has 10 aromatic rings. The Morgan fingerprint density at radius 3 is 1.83 bits per heavy atom. The predicted molar refractivity (Wildman–Crippen MR) is 284 cm³/mol. The molecule has 0 fully saturated rings. The number of fused-ring (bicyclic) bond motifs is 15. The lowest BCUT2D eigenvalue weighted by molar-refractivity contribution is -0.135. The standard InChI is InChI=1S/C64H41N3O2S/c1-63-33-32-48(39-18-7-3-8-19-39)57(62(68)69-2)52-45-28-17-27-44(34-45)49-35-46(36-50-56-47-29-16-15-20-40(47)30-31-51(56)70-61(49)50)55(58(52)63)60-54(42-23-11-5-12-24-42)53(41-21-9-4-10-22-41)59(43-25-13-6-14-26-43)67(60)64(63,37-65)38-66/h3-32,34-36H,33H2,1-2H3/t63-/m1/s1. The van der Waals surface area contributed by atoms with E-state index in [1.54, 1.807) is 11.3 Å². The Kier molecular flexibility index (Phi) is 9.23. The van der Waals surface area contributed by atoms with Gasteiger partial charge in [-0.05, 0) is 91.5 Å². The van der Waals surface area contributed by atoms with Crippen molar-refractivity contribution >= 4 is 65.0 Å². The van der Waals surface area contributed by atoms with Crippen LogP contribution in [0.3, 0.4) is 0 Å². The third-order valence-electron chi connectivity index (χ3n) is 15.0. The highest BCUT2D eigenvalue weighted by Crippen LogP contribution is 2.66. The van der Waals surface area contributed by atoms with Crippen LogP contribution in [-0.2, 0) is 15.1 Å². The summed E-state index contributed by atoms with van der Waals surface area (Å²) < 4.78 is 10.3. The molecule has 5 nitrogen and oxygen atoms in total. The van der Waals surface area contributed by atoms with E-state index in [2.05, 4.69) is 139 Å². The van der Waals surface area contributed by atoms with Crippen molar-refractivity contribution in [3.8, 4) is 56.8 Å². The Morgan fingerprint density at radius 2 is 1.17 bits per heavy atom. The summed E-state index contributed by atoms with van der Waals surface area (Å²) in [6, 6.07) is 72.6. The maximum atomic E-state index is 15.2. The number of carbonyl (C=O) groups is 1. The van der Waals surface area contributed by atoms with Gasteiger partial charge in [-0.3, -0.25) is 0 Å². The van der Waals surface area contributed by atoms with Crippen molar-refractivity contribution in [2.24, 2.45) is 5.41 Å². The van der Waals surface area contributed by atoms with Gasteiger partial charge in [-0.25, -0.2) is 4.79 Å². The number of thiophene rings is 1. The molecule has 2 aromatic heterocycles. The second-order valence-corrected chi connectivity index (χ2v) is 19.6. The lowest BCUT2D eigenvalue weighted by Crippen LogP contribution is -2.51. The molecule has 0 saturated heterocycles. The maximum Gasteiger partial charge on any atom is 0.339 e. The minimum Gasteiger partial charge on any atom is -0.465 e. The van der Waals surface area contributed by atoms with Gasteiger partial charge >= 0.3 is 5.97 Å². The molecule has 4 bridgehead atoms. The number of benzene rings is 8. The van der Waals surface area contributed by atoms with Crippen LogP contribution < -0.4 is 0 Å². The van der Waals surface area contributed by atoms with Gasteiger partial charge < -0.3 is 9.30 Å². The Morgan fingerprint density at radius 1 is 0.586 bits per heavy atom. The van der Waals surface area contributed by atoms with Crippen LogP contribution in [0.25, 0.3) is 92.3 Å². The molecule has 70 heavy (non-hydrogen) atoms. The summed E-state index contributed by atoms with van der Waals surface area (Å²) in [7, 11) is 1.43. The summed E-state index contributed by atoms with van der Waals surface area (Å²) in [6.07, 6.45) is 2.31. The summed E-state index contributed by atoms with van der Waals surface area (Å²) in [6.45, 7) is 2.07. The van der Waals surface area contributed by atoms with E-state index in [4.69, 9.17) is 4.74 Å². The van der Waals surface area contributed by atoms with Crippen molar-refractivity contribution in [3.63, 3.8) is 0 Å². The molecule has 13 rings (SSSR count). The molecule has 3 aliphatic rings. The van der Waals surface area contributed by atoms with Crippen LogP contribution in [0.2, 0.25) is 0 Å². The number of nitriles is 2. The molecule has 0 spiro atoms. The number of hydrogen-bond acceptors (Lipinski definition) is 5. The summed E-state index contributed by atoms with van der Waals surface area (Å²) in [5, 5.41) is 29.4. The van der Waals surface area contributed by atoms with Crippen LogP contribution in [0, 0.1) is 28.1 Å². The zero-order valence-corrected chi connectivity index (χ0v) is 39.1. The molecule has 0 unspecified atom stereocenters. The van der Waals surface area contributed by atoms with E-state index >= 15 is 4.79 Å². The first kappa shape index (κ1) is 41.4. The van der Waals surface area contributed by atoms with Crippen molar-refractivity contribution in [1.29, 1.82) is 10.5 Å². The third-order valence-corrected chi connectivity index (χ3v) is 16.2. The number of allylic oxidation sites excluding steroid dienone is 3. The fourth-order valence-electron chi connectivity index (χ4n) is 11.9. The van der Waals surface area contributed by atoms with Gasteiger partial charge in [0.2, 0.25) is 5.54 Å². The van der Waals surface area contributed by atoms with Crippen LogP contribution >= 0.6 is 11.3 Å². The van der Waals surface area contributed by atoms with Gasteiger partial charge in [-0.1, -0.05) is 183 Å². The van der Waals surface area contributed by atoms with Crippen LogP contribution in [-0.4, -0.2) is 17.6 Å². The first-order chi connectivity index (χ1) is 34.4. The number of nitrogens with zero attached hydrogens (tertiary/aromatic N) is 3. The van der Waals surface area contributed by atoms with Gasteiger partial charge in [-0.2, -0.15) is 10.5 Å². The van der Waals surface area contributed by atoms with Crippen molar-refractivity contribution < 1.29 is 9.53 Å². The maximum absolute atomic E-state index is 15.2. The first-order valence-corrected chi connectivity index (χ1v) is 24.3. The van der Waals surface area contributed by atoms with Gasteiger partial charge in [-0.15, -0.1) is 11.3 Å². The van der Waals surface area contributed by atoms with Crippen LogP contribution in [0.15, 0.2) is 211 Å². The van der Waals surface area contributed by atoms with Gasteiger partial charge in [0.05, 0.1) is 24.1 Å². The summed E-state index contributed by atoms with van der Waals surface area (Å²) in [5.74, 6) is -0.505. The molecule has 1 atom stereocenters. The minimum absolute atomic E-state index is 0.231. The Hall–Kier alpha value is -8.81. The predicted octanol–water partition coefficient (Wildman–Crippen LogP) is 15.7. The summed E-state index contributed by atoms with van der Waals surface area (Å²) >= 11 is 1.79. The summed E-state index contributed by atoms with van der Waals surface area (Å²) in [5.41, 5.74) is 10.7. The largest absolute Gasteiger partial charge is 0.465 e. The van der Waals surface area contributed by atoms with Crippen molar-refractivity contribution in [2.75, 3.05) is 7.11 Å². The molecule has 8 aromatic carbocycles. The average molecular weight is 916 g/mol. The van der Waals surface area contributed by atoms with E-state index in [0.29, 0.717) is 16.7 Å². The van der Waals surface area contributed by atoms with E-state index in [9.17, 15) is 10.5 Å². The molecule has 0 amide bonds. The first-order valence-electron chi connectivity index (χ1n) is 23.5. The zero-order chi connectivity index (χ0) is 47.3. The molecular weight excluding hydrogens is 875 g/mol. The SMILES string of the molecule is COC(=O)C1=C2C3=C(c4cc(c5sc6ccc7ccccc7c6c5c4)-c4cccc2c4)c2c(-c4ccccc4)c(-c4ccccc4)c(-c4ccccc4)n2C(C#N)(C#N)[C@]3(C)CC=C1c1ccccc1. The minimum atomic E-state index is -1.90. The number of esters is 1. The zero-order valence-electron chi connectivity index (χ0n) is 38.3. The molecule has 2 aliphatic carbocycles. The molecule has 0 radical (unpaired) electrons. The normalized spacial score (nSPS) is 16.5. The van der Waals surface area contributed by atoms with Gasteiger partial charge in [0.1, 0.15) is 12.1 Å². The number of ether oxygens (including phenoxy) is 1.